The molecular weight excluding hydrogens is 466 g/mol. The van der Waals surface area contributed by atoms with Gasteiger partial charge in [-0.25, -0.2) is 9.31 Å². The molecule has 36 heavy (non-hydrogen) atoms. The predicted molar refractivity (Wildman–Crippen MR) is 129 cm³/mol. The maximum atomic E-state index is 12.7. The van der Waals surface area contributed by atoms with Crippen molar-refractivity contribution in [3.05, 3.63) is 64.0 Å². The van der Waals surface area contributed by atoms with E-state index in [1.807, 2.05) is 20.8 Å². The van der Waals surface area contributed by atoms with Crippen LogP contribution in [-0.4, -0.2) is 61.1 Å². The summed E-state index contributed by atoms with van der Waals surface area (Å²) in [7, 11) is 0. The van der Waals surface area contributed by atoms with Crippen molar-refractivity contribution < 1.29 is 19.1 Å². The molecule has 1 aliphatic rings. The van der Waals surface area contributed by atoms with Crippen LogP contribution in [0.1, 0.15) is 61.1 Å². The number of H-pyrrole nitrogens is 1. The highest BCUT2D eigenvalue weighted by atomic mass is 16.6. The Morgan fingerprint density at radius 2 is 1.92 bits per heavy atom. The van der Waals surface area contributed by atoms with Crippen molar-refractivity contribution in [1.82, 2.24) is 35.3 Å². The molecule has 0 atom stereocenters. The zero-order valence-electron chi connectivity index (χ0n) is 20.4. The third-order valence-electron chi connectivity index (χ3n) is 5.75. The molecule has 1 fully saturated rings. The highest BCUT2D eigenvalue weighted by molar-refractivity contribution is 6.00. The van der Waals surface area contributed by atoms with E-state index in [0.717, 1.165) is 0 Å². The monoisotopic (exact) mass is 495 g/mol. The van der Waals surface area contributed by atoms with Gasteiger partial charge in [0, 0.05) is 37.5 Å². The summed E-state index contributed by atoms with van der Waals surface area (Å²) in [6.45, 7) is 6.42. The van der Waals surface area contributed by atoms with Crippen LogP contribution in [0.3, 0.4) is 0 Å². The Morgan fingerprint density at radius 3 is 2.58 bits per heavy atom. The molecule has 0 bridgehead atoms. The zero-order chi connectivity index (χ0) is 25.9. The van der Waals surface area contributed by atoms with Crippen LogP contribution < -0.4 is 16.4 Å². The van der Waals surface area contributed by atoms with Gasteiger partial charge in [0.25, 0.3) is 11.5 Å². The maximum Gasteiger partial charge on any atom is 0.410 e. The first kappa shape index (κ1) is 24.9. The van der Waals surface area contributed by atoms with E-state index in [1.54, 1.807) is 29.4 Å². The standard InChI is InChI=1S/C24H29N7O5/c1-24(2,3)36-23(35)30-9-6-16(7-10-30)18-12-19(32)27-21-17(14-26-31(18)21)22(34)29-28-20(33)11-15-5-4-8-25-13-15/h4-5,8,12-14,16H,6-7,9-11H2,1-3H3,(H,27,32)(H,28,33)(H,29,34). The Bertz CT molecular complexity index is 1320. The number of likely N-dealkylation sites (tertiary alicyclic amines) is 1. The quantitative estimate of drug-likeness (QED) is 0.465. The van der Waals surface area contributed by atoms with Gasteiger partial charge in [-0.1, -0.05) is 6.07 Å². The van der Waals surface area contributed by atoms with Gasteiger partial charge in [0.1, 0.15) is 16.8 Å². The number of aromatic amines is 1. The van der Waals surface area contributed by atoms with Gasteiger partial charge in [-0.05, 0) is 45.2 Å². The Labute approximate surface area is 207 Å². The molecule has 3 amide bonds. The molecule has 4 rings (SSSR count). The molecule has 3 N–H and O–H groups in total. The van der Waals surface area contributed by atoms with Crippen LogP contribution in [0.4, 0.5) is 4.79 Å². The number of ether oxygens (including phenoxy) is 1. The number of hydrazine groups is 1. The molecule has 0 aromatic carbocycles. The van der Waals surface area contributed by atoms with E-state index in [2.05, 4.69) is 25.9 Å². The number of carbonyl (C=O) groups excluding carboxylic acids is 3. The van der Waals surface area contributed by atoms with E-state index in [0.29, 0.717) is 37.2 Å². The molecule has 0 unspecified atom stereocenters. The van der Waals surface area contributed by atoms with E-state index >= 15 is 0 Å². The van der Waals surface area contributed by atoms with Crippen LogP contribution in [0.5, 0.6) is 0 Å². The van der Waals surface area contributed by atoms with Gasteiger partial charge in [-0.2, -0.15) is 5.10 Å². The SMILES string of the molecule is CC(C)(C)OC(=O)N1CCC(c2cc(=O)[nH]c3c(C(=O)NNC(=O)Cc4cccnc4)cnn23)CC1. The molecule has 12 nitrogen and oxygen atoms in total. The van der Waals surface area contributed by atoms with Crippen molar-refractivity contribution in [1.29, 1.82) is 0 Å². The summed E-state index contributed by atoms with van der Waals surface area (Å²) < 4.78 is 6.98. The van der Waals surface area contributed by atoms with Gasteiger partial charge < -0.3 is 14.6 Å². The second-order valence-corrected chi connectivity index (χ2v) is 9.66. The molecule has 1 saturated heterocycles. The van der Waals surface area contributed by atoms with E-state index in [4.69, 9.17) is 4.74 Å². The van der Waals surface area contributed by atoms with Gasteiger partial charge >= 0.3 is 6.09 Å². The van der Waals surface area contributed by atoms with Crippen LogP contribution in [-0.2, 0) is 16.0 Å². The van der Waals surface area contributed by atoms with Gasteiger partial charge in [-0.15, -0.1) is 0 Å². The normalized spacial score (nSPS) is 14.5. The lowest BCUT2D eigenvalue weighted by atomic mass is 9.93. The van der Waals surface area contributed by atoms with Crippen molar-refractivity contribution in [2.75, 3.05) is 13.1 Å². The number of nitrogens with one attached hydrogen (secondary N) is 3. The van der Waals surface area contributed by atoms with Crippen LogP contribution in [0, 0.1) is 0 Å². The molecule has 0 saturated carbocycles. The fraction of sp³-hybridized carbons (Fsp3) is 0.417. The van der Waals surface area contributed by atoms with Crippen LogP contribution in [0.25, 0.3) is 5.65 Å². The minimum atomic E-state index is -0.614. The van der Waals surface area contributed by atoms with Crippen LogP contribution in [0.15, 0.2) is 41.6 Å². The first-order valence-electron chi connectivity index (χ1n) is 11.7. The molecule has 4 heterocycles. The van der Waals surface area contributed by atoms with Crippen molar-refractivity contribution in [2.45, 2.75) is 51.6 Å². The topological polar surface area (TPSA) is 151 Å². The second kappa shape index (κ2) is 10.2. The molecule has 1 aliphatic heterocycles. The summed E-state index contributed by atoms with van der Waals surface area (Å²) in [5.41, 5.74) is 5.47. The molecular formula is C24H29N7O5. The van der Waals surface area contributed by atoms with Crippen LogP contribution in [0.2, 0.25) is 0 Å². The average molecular weight is 496 g/mol. The lowest BCUT2D eigenvalue weighted by molar-refractivity contribution is -0.121. The number of aromatic nitrogens is 4. The average Bonchev–Trinajstić information content (AvgIpc) is 3.25. The highest BCUT2D eigenvalue weighted by Crippen LogP contribution is 2.28. The number of piperidine rings is 1. The summed E-state index contributed by atoms with van der Waals surface area (Å²) in [6, 6.07) is 4.94. The number of amides is 3. The summed E-state index contributed by atoms with van der Waals surface area (Å²) >= 11 is 0. The highest BCUT2D eigenvalue weighted by Gasteiger charge is 2.29. The fourth-order valence-corrected chi connectivity index (χ4v) is 4.08. The zero-order valence-corrected chi connectivity index (χ0v) is 20.4. The van der Waals surface area contributed by atoms with E-state index in [-0.39, 0.29) is 35.2 Å². The molecule has 3 aromatic rings. The Kier molecular flexibility index (Phi) is 7.04. The van der Waals surface area contributed by atoms with E-state index in [1.165, 1.54) is 16.8 Å². The van der Waals surface area contributed by atoms with Gasteiger partial charge in [0.2, 0.25) is 5.91 Å². The first-order chi connectivity index (χ1) is 17.1. The molecule has 0 radical (unpaired) electrons. The molecule has 0 aliphatic carbocycles. The number of rotatable bonds is 4. The number of pyridine rings is 1. The first-order valence-corrected chi connectivity index (χ1v) is 11.7. The second-order valence-electron chi connectivity index (χ2n) is 9.66. The molecule has 3 aromatic heterocycles. The predicted octanol–water partition coefficient (Wildman–Crippen LogP) is 1.54. The van der Waals surface area contributed by atoms with Crippen molar-refractivity contribution in [2.24, 2.45) is 0 Å². The van der Waals surface area contributed by atoms with Crippen LogP contribution >= 0.6 is 0 Å². The number of carbonyl (C=O) groups is 3. The molecule has 0 spiro atoms. The maximum absolute atomic E-state index is 12.7. The minimum Gasteiger partial charge on any atom is -0.444 e. The summed E-state index contributed by atoms with van der Waals surface area (Å²) in [4.78, 5) is 57.9. The number of hydrogen-bond donors (Lipinski definition) is 3. The van der Waals surface area contributed by atoms with Crippen molar-refractivity contribution >= 4 is 23.6 Å². The Balaban J connectivity index is 1.43. The number of nitrogens with zero attached hydrogens (tertiary/aromatic N) is 4. The van der Waals surface area contributed by atoms with E-state index in [9.17, 15) is 19.2 Å². The third kappa shape index (κ3) is 5.88. The number of hydrogen-bond acceptors (Lipinski definition) is 7. The minimum absolute atomic E-state index is 0.0384. The Hall–Kier alpha value is -4.22. The summed E-state index contributed by atoms with van der Waals surface area (Å²) in [6.07, 6.45) is 5.43. The Morgan fingerprint density at radius 1 is 1.17 bits per heavy atom. The molecule has 190 valence electrons. The van der Waals surface area contributed by atoms with Gasteiger partial charge in [0.05, 0.1) is 18.3 Å². The van der Waals surface area contributed by atoms with Crippen molar-refractivity contribution in [3.63, 3.8) is 0 Å². The van der Waals surface area contributed by atoms with Crippen molar-refractivity contribution in [3.8, 4) is 0 Å². The number of fused-ring (bicyclic) bond motifs is 1. The van der Waals surface area contributed by atoms with Gasteiger partial charge in [0.15, 0.2) is 0 Å². The van der Waals surface area contributed by atoms with Gasteiger partial charge in [-0.3, -0.25) is 30.2 Å². The third-order valence-corrected chi connectivity index (χ3v) is 5.75. The van der Waals surface area contributed by atoms with E-state index < -0.39 is 17.4 Å². The largest absolute Gasteiger partial charge is 0.444 e. The summed E-state index contributed by atoms with van der Waals surface area (Å²) in [5.74, 6) is -1.07. The smallest absolute Gasteiger partial charge is 0.410 e. The fourth-order valence-electron chi connectivity index (χ4n) is 4.08. The lowest BCUT2D eigenvalue weighted by Gasteiger charge is -2.33. The summed E-state index contributed by atoms with van der Waals surface area (Å²) in [5, 5.41) is 4.31. The lowest BCUT2D eigenvalue weighted by Crippen LogP contribution is -2.42. The molecule has 12 heteroatoms.